The molecule has 2 amide bonds. The van der Waals surface area contributed by atoms with Crippen LogP contribution >= 0.6 is 0 Å². The minimum absolute atomic E-state index is 0.0206. The van der Waals surface area contributed by atoms with E-state index < -0.39 is 12.2 Å². The van der Waals surface area contributed by atoms with Crippen LogP contribution in [0.5, 0.6) is 5.75 Å². The van der Waals surface area contributed by atoms with Gasteiger partial charge in [-0.25, -0.2) is 4.79 Å². The fraction of sp³-hybridized carbons (Fsp3) is 0.562. The first-order valence-corrected chi connectivity index (χ1v) is 7.54. The highest BCUT2D eigenvalue weighted by molar-refractivity contribution is 5.75. The fourth-order valence-corrected chi connectivity index (χ4v) is 2.12. The van der Waals surface area contributed by atoms with Crippen molar-refractivity contribution >= 4 is 6.03 Å². The van der Waals surface area contributed by atoms with Gasteiger partial charge in [-0.2, -0.15) is 8.78 Å². The van der Waals surface area contributed by atoms with Crippen molar-refractivity contribution in [1.29, 1.82) is 0 Å². The number of rotatable bonds is 8. The number of hydrogen-bond donors (Lipinski definition) is 3. The van der Waals surface area contributed by atoms with Crippen LogP contribution in [0.4, 0.5) is 13.6 Å². The second-order valence-corrected chi connectivity index (χ2v) is 5.66. The molecule has 0 heterocycles. The zero-order chi connectivity index (χ0) is 17.5. The van der Waals surface area contributed by atoms with E-state index in [1.54, 1.807) is 19.1 Å². The van der Waals surface area contributed by atoms with E-state index >= 15 is 0 Å². The molecular formula is C16H24F2N2O3. The summed E-state index contributed by atoms with van der Waals surface area (Å²) >= 11 is 0. The van der Waals surface area contributed by atoms with Crippen LogP contribution in [-0.4, -0.2) is 29.9 Å². The van der Waals surface area contributed by atoms with Crippen LogP contribution in [0.15, 0.2) is 24.3 Å². The molecule has 0 saturated heterocycles. The van der Waals surface area contributed by atoms with E-state index in [4.69, 9.17) is 5.11 Å². The predicted molar refractivity (Wildman–Crippen MR) is 83.6 cm³/mol. The minimum Gasteiger partial charge on any atom is -0.435 e. The van der Waals surface area contributed by atoms with E-state index in [1.807, 2.05) is 13.8 Å². The molecule has 0 bridgehead atoms. The third-order valence-corrected chi connectivity index (χ3v) is 3.79. The number of amides is 2. The number of halogens is 2. The van der Waals surface area contributed by atoms with Crippen molar-refractivity contribution in [2.75, 3.05) is 6.61 Å². The molecule has 1 rings (SSSR count). The van der Waals surface area contributed by atoms with Gasteiger partial charge in [0.1, 0.15) is 5.75 Å². The Labute approximate surface area is 135 Å². The van der Waals surface area contributed by atoms with Crippen LogP contribution in [0.3, 0.4) is 0 Å². The van der Waals surface area contributed by atoms with Crippen LogP contribution in [0.2, 0.25) is 0 Å². The molecule has 0 spiro atoms. The summed E-state index contributed by atoms with van der Waals surface area (Å²) in [7, 11) is 0. The van der Waals surface area contributed by atoms with Crippen LogP contribution in [-0.2, 0) is 0 Å². The van der Waals surface area contributed by atoms with Gasteiger partial charge >= 0.3 is 12.6 Å². The molecule has 7 heteroatoms. The normalized spacial score (nSPS) is 14.9. The predicted octanol–water partition coefficient (Wildman–Crippen LogP) is 3.20. The van der Waals surface area contributed by atoms with Gasteiger partial charge in [-0.1, -0.05) is 19.1 Å². The summed E-state index contributed by atoms with van der Waals surface area (Å²) in [5, 5.41) is 14.6. The monoisotopic (exact) mass is 330 g/mol. The molecule has 0 aliphatic rings. The number of hydrogen-bond acceptors (Lipinski definition) is 3. The summed E-state index contributed by atoms with van der Waals surface area (Å²) < 4.78 is 28.8. The third kappa shape index (κ3) is 6.40. The summed E-state index contributed by atoms with van der Waals surface area (Å²) in [5.74, 6) is 0.0465. The Hall–Kier alpha value is -1.89. The molecule has 23 heavy (non-hydrogen) atoms. The van der Waals surface area contributed by atoms with Gasteiger partial charge in [0.15, 0.2) is 0 Å². The number of aliphatic hydroxyl groups is 1. The Morgan fingerprint density at radius 3 is 2.70 bits per heavy atom. The summed E-state index contributed by atoms with van der Waals surface area (Å²) in [6.07, 6.45) is 1.12. The highest BCUT2D eigenvalue weighted by Gasteiger charge is 2.24. The lowest BCUT2D eigenvalue weighted by Gasteiger charge is -2.30. The van der Waals surface area contributed by atoms with E-state index in [2.05, 4.69) is 15.4 Å². The Kier molecular flexibility index (Phi) is 7.22. The summed E-state index contributed by atoms with van der Waals surface area (Å²) in [6.45, 7) is 2.61. The quantitative estimate of drug-likeness (QED) is 0.685. The molecule has 5 nitrogen and oxygen atoms in total. The van der Waals surface area contributed by atoms with Gasteiger partial charge in [-0.3, -0.25) is 0 Å². The fourth-order valence-electron chi connectivity index (χ4n) is 2.12. The Balaban J connectivity index is 2.68. The van der Waals surface area contributed by atoms with Crippen molar-refractivity contribution in [2.24, 2.45) is 0 Å². The summed E-state index contributed by atoms with van der Waals surface area (Å²) in [4.78, 5) is 12.1. The molecule has 0 aliphatic heterocycles. The van der Waals surface area contributed by atoms with Crippen LogP contribution in [0.25, 0.3) is 0 Å². The number of carbonyl (C=O) groups is 1. The number of carbonyl (C=O) groups excluding carboxylic acids is 1. The first kappa shape index (κ1) is 19.2. The van der Waals surface area contributed by atoms with Crippen LogP contribution in [0, 0.1) is 0 Å². The average molecular weight is 330 g/mol. The standard InChI is InChI=1S/C16H24F2N2O3/c1-4-16(3,8-9-21)20-15(22)19-11(2)12-6-5-7-13(10-12)23-14(17)18/h5-7,10-11,14,21H,4,8-9H2,1-3H3,(H2,19,20,22). The second-order valence-electron chi connectivity index (χ2n) is 5.66. The van der Waals surface area contributed by atoms with Gasteiger partial charge in [0, 0.05) is 12.1 Å². The van der Waals surface area contributed by atoms with Crippen molar-refractivity contribution in [3.05, 3.63) is 29.8 Å². The molecule has 1 aromatic carbocycles. The molecule has 2 unspecified atom stereocenters. The van der Waals surface area contributed by atoms with E-state index in [0.717, 1.165) is 0 Å². The van der Waals surface area contributed by atoms with E-state index in [1.165, 1.54) is 12.1 Å². The van der Waals surface area contributed by atoms with Crippen LogP contribution < -0.4 is 15.4 Å². The molecule has 0 radical (unpaired) electrons. The van der Waals surface area contributed by atoms with Crippen molar-refractivity contribution in [2.45, 2.75) is 51.8 Å². The highest BCUT2D eigenvalue weighted by atomic mass is 19.3. The Bertz CT molecular complexity index is 514. The van der Waals surface area contributed by atoms with Crippen molar-refractivity contribution in [3.8, 4) is 5.75 Å². The first-order valence-electron chi connectivity index (χ1n) is 7.54. The average Bonchev–Trinajstić information content (AvgIpc) is 2.46. The third-order valence-electron chi connectivity index (χ3n) is 3.79. The Morgan fingerprint density at radius 1 is 1.43 bits per heavy atom. The molecular weight excluding hydrogens is 306 g/mol. The van der Waals surface area contributed by atoms with E-state index in [9.17, 15) is 13.6 Å². The van der Waals surface area contributed by atoms with Gasteiger partial charge in [0.25, 0.3) is 0 Å². The van der Waals surface area contributed by atoms with Gasteiger partial charge in [-0.15, -0.1) is 0 Å². The number of ether oxygens (including phenoxy) is 1. The number of nitrogens with one attached hydrogen (secondary N) is 2. The van der Waals surface area contributed by atoms with Crippen LogP contribution in [0.1, 0.15) is 45.2 Å². The van der Waals surface area contributed by atoms with Crippen molar-refractivity contribution < 1.29 is 23.4 Å². The molecule has 0 aliphatic carbocycles. The topological polar surface area (TPSA) is 70.6 Å². The summed E-state index contributed by atoms with van der Waals surface area (Å²) in [5.41, 5.74) is 0.151. The van der Waals surface area contributed by atoms with E-state index in [0.29, 0.717) is 18.4 Å². The largest absolute Gasteiger partial charge is 0.435 e. The lowest BCUT2D eigenvalue weighted by atomic mass is 9.95. The maximum Gasteiger partial charge on any atom is 0.387 e. The number of urea groups is 1. The number of aliphatic hydroxyl groups excluding tert-OH is 1. The molecule has 0 fully saturated rings. The maximum atomic E-state index is 12.2. The molecule has 0 aromatic heterocycles. The minimum atomic E-state index is -2.89. The number of alkyl halides is 2. The molecule has 0 saturated carbocycles. The zero-order valence-corrected chi connectivity index (χ0v) is 13.6. The lowest BCUT2D eigenvalue weighted by Crippen LogP contribution is -2.50. The second kappa shape index (κ2) is 8.67. The van der Waals surface area contributed by atoms with Gasteiger partial charge in [0.2, 0.25) is 0 Å². The van der Waals surface area contributed by atoms with Crippen molar-refractivity contribution in [1.82, 2.24) is 10.6 Å². The smallest absolute Gasteiger partial charge is 0.387 e. The molecule has 130 valence electrons. The lowest BCUT2D eigenvalue weighted by molar-refractivity contribution is -0.0499. The first-order chi connectivity index (χ1) is 10.8. The highest BCUT2D eigenvalue weighted by Crippen LogP contribution is 2.21. The van der Waals surface area contributed by atoms with Gasteiger partial charge in [0.05, 0.1) is 6.04 Å². The van der Waals surface area contributed by atoms with Gasteiger partial charge < -0.3 is 20.5 Å². The van der Waals surface area contributed by atoms with Crippen molar-refractivity contribution in [3.63, 3.8) is 0 Å². The maximum absolute atomic E-state index is 12.2. The molecule has 2 atom stereocenters. The summed E-state index contributed by atoms with van der Waals surface area (Å²) in [6, 6.07) is 5.44. The molecule has 3 N–H and O–H groups in total. The Morgan fingerprint density at radius 2 is 2.13 bits per heavy atom. The van der Waals surface area contributed by atoms with E-state index in [-0.39, 0.29) is 24.4 Å². The zero-order valence-electron chi connectivity index (χ0n) is 13.6. The number of benzene rings is 1. The SMILES string of the molecule is CCC(C)(CCO)NC(=O)NC(C)c1cccc(OC(F)F)c1. The van der Waals surface area contributed by atoms with Gasteiger partial charge in [-0.05, 0) is 44.4 Å². The molecule has 1 aromatic rings.